The van der Waals surface area contributed by atoms with E-state index in [0.29, 0.717) is 17.1 Å². The maximum Gasteiger partial charge on any atom is 0.255 e. The summed E-state index contributed by atoms with van der Waals surface area (Å²) in [7, 11) is 0. The number of phenols is 1. The van der Waals surface area contributed by atoms with Gasteiger partial charge in [-0.05, 0) is 44.5 Å². The van der Waals surface area contributed by atoms with E-state index in [9.17, 15) is 19.5 Å². The highest BCUT2D eigenvalue weighted by Crippen LogP contribution is 2.26. The first-order valence-electron chi connectivity index (χ1n) is 11.4. The molecule has 0 bridgehead atoms. The highest BCUT2D eigenvalue weighted by atomic mass is 16.5. The van der Waals surface area contributed by atoms with Crippen molar-refractivity contribution in [2.24, 2.45) is 0 Å². The monoisotopic (exact) mass is 476 g/mol. The number of hydrogen-bond acceptors (Lipinski definition) is 6. The van der Waals surface area contributed by atoms with Crippen LogP contribution in [0.4, 0.5) is 0 Å². The number of rotatable bonds is 7. The van der Waals surface area contributed by atoms with E-state index in [1.165, 1.54) is 12.1 Å². The number of ether oxygens (including phenoxy) is 1. The van der Waals surface area contributed by atoms with E-state index in [-0.39, 0.29) is 24.6 Å². The third kappa shape index (κ3) is 5.12. The summed E-state index contributed by atoms with van der Waals surface area (Å²) < 4.78 is 11.2. The first kappa shape index (κ1) is 24.2. The van der Waals surface area contributed by atoms with Gasteiger partial charge in [0.15, 0.2) is 5.78 Å². The molecular weight excluding hydrogens is 448 g/mol. The molecule has 2 aromatic carbocycles. The number of carbonyl (C=O) groups is 3. The molecule has 3 atom stereocenters. The average Bonchev–Trinajstić information content (AvgIpc) is 3.35. The number of benzene rings is 2. The van der Waals surface area contributed by atoms with Gasteiger partial charge in [0.25, 0.3) is 5.91 Å². The molecule has 0 spiro atoms. The van der Waals surface area contributed by atoms with Crippen LogP contribution in [0, 0.1) is 6.92 Å². The van der Waals surface area contributed by atoms with Gasteiger partial charge in [-0.15, -0.1) is 0 Å². The number of ketones is 1. The van der Waals surface area contributed by atoms with Crippen LogP contribution in [0.3, 0.4) is 0 Å². The van der Waals surface area contributed by atoms with Crippen molar-refractivity contribution >= 4 is 17.6 Å². The van der Waals surface area contributed by atoms with Crippen molar-refractivity contribution in [3.05, 3.63) is 77.6 Å². The van der Waals surface area contributed by atoms with E-state index in [1.807, 2.05) is 30.3 Å². The number of carbonyl (C=O) groups excluding carboxylic acids is 3. The lowest BCUT2D eigenvalue weighted by Gasteiger charge is -2.29. The lowest BCUT2D eigenvalue weighted by atomic mass is 9.92. The maximum absolute atomic E-state index is 13.3. The molecule has 2 heterocycles. The first-order chi connectivity index (χ1) is 16.7. The lowest BCUT2D eigenvalue weighted by molar-refractivity contribution is -0.130. The second kappa shape index (κ2) is 9.76. The summed E-state index contributed by atoms with van der Waals surface area (Å²) in [6, 6.07) is 16.4. The van der Waals surface area contributed by atoms with Crippen molar-refractivity contribution in [2.45, 2.75) is 44.9 Å². The summed E-state index contributed by atoms with van der Waals surface area (Å²) in [5.74, 6) is -0.154. The number of aromatic hydroxyl groups is 1. The summed E-state index contributed by atoms with van der Waals surface area (Å²) in [5, 5.41) is 15.2. The molecule has 35 heavy (non-hydrogen) atoms. The van der Waals surface area contributed by atoms with E-state index in [2.05, 4.69) is 10.6 Å². The van der Waals surface area contributed by atoms with Gasteiger partial charge in [0.1, 0.15) is 35.5 Å². The van der Waals surface area contributed by atoms with E-state index in [1.54, 1.807) is 39.0 Å². The van der Waals surface area contributed by atoms with Crippen LogP contribution < -0.4 is 10.6 Å². The third-order valence-electron chi connectivity index (χ3n) is 6.46. The molecule has 2 amide bonds. The van der Waals surface area contributed by atoms with Gasteiger partial charge < -0.3 is 24.9 Å². The van der Waals surface area contributed by atoms with Crippen LogP contribution in [-0.2, 0) is 20.7 Å². The Hall–Kier alpha value is -3.91. The Morgan fingerprint density at radius 3 is 2.46 bits per heavy atom. The van der Waals surface area contributed by atoms with Gasteiger partial charge in [0.05, 0.1) is 11.7 Å². The largest absolute Gasteiger partial charge is 0.508 e. The second-order valence-corrected chi connectivity index (χ2v) is 8.91. The smallest absolute Gasteiger partial charge is 0.255 e. The van der Waals surface area contributed by atoms with Crippen LogP contribution in [0.1, 0.15) is 35.5 Å². The van der Waals surface area contributed by atoms with Crippen LogP contribution in [0.5, 0.6) is 5.75 Å². The molecule has 8 heteroatoms. The van der Waals surface area contributed by atoms with Gasteiger partial charge >= 0.3 is 0 Å². The number of phenolic OH excluding ortho intramolecular Hbond substituents is 1. The standard InChI is InChI=1S/C27H28N2O6/c1-16-21(14-23(35-16)19-7-5-4-6-8-19)25(32)28-22(13-18-9-11-20(30)12-10-18)26(33)29-27(3)17(2)34-15-24(27)31/h4-12,14,17,22,30H,13,15H2,1-3H3,(H,28,32)(H,29,33)/t17-,22-,27-/m1/s1. The van der Waals surface area contributed by atoms with Gasteiger partial charge in [-0.2, -0.15) is 0 Å². The molecule has 1 fully saturated rings. The van der Waals surface area contributed by atoms with Crippen LogP contribution in [-0.4, -0.2) is 47.0 Å². The molecule has 0 radical (unpaired) electrons. The molecular formula is C27H28N2O6. The lowest BCUT2D eigenvalue weighted by Crippen LogP contribution is -2.60. The molecule has 0 unspecified atom stereocenters. The van der Waals surface area contributed by atoms with Gasteiger partial charge in [0, 0.05) is 12.0 Å². The van der Waals surface area contributed by atoms with Crippen molar-refractivity contribution in [1.82, 2.24) is 10.6 Å². The van der Waals surface area contributed by atoms with Crippen molar-refractivity contribution in [1.29, 1.82) is 0 Å². The fourth-order valence-corrected chi connectivity index (χ4v) is 4.02. The summed E-state index contributed by atoms with van der Waals surface area (Å²) in [6.07, 6.45) is -0.353. The highest BCUT2D eigenvalue weighted by Gasteiger charge is 2.47. The number of Topliss-reactive ketones (excluding diaryl/α,β-unsaturated/α-hetero) is 1. The van der Waals surface area contributed by atoms with Crippen LogP contribution in [0.25, 0.3) is 11.3 Å². The van der Waals surface area contributed by atoms with Gasteiger partial charge in [-0.25, -0.2) is 0 Å². The SMILES string of the molecule is Cc1oc(-c2ccccc2)cc1C(=O)N[C@H](Cc1ccc(O)cc1)C(=O)N[C@@]1(C)C(=O)CO[C@@H]1C. The van der Waals surface area contributed by atoms with Crippen LogP contribution >= 0.6 is 0 Å². The molecule has 0 aliphatic carbocycles. The maximum atomic E-state index is 13.3. The molecule has 3 N–H and O–H groups in total. The summed E-state index contributed by atoms with van der Waals surface area (Å²) in [6.45, 7) is 4.95. The second-order valence-electron chi connectivity index (χ2n) is 8.91. The van der Waals surface area contributed by atoms with E-state index >= 15 is 0 Å². The Morgan fingerprint density at radius 2 is 1.83 bits per heavy atom. The molecule has 3 aromatic rings. The van der Waals surface area contributed by atoms with Crippen LogP contribution in [0.2, 0.25) is 0 Å². The number of nitrogens with one attached hydrogen (secondary N) is 2. The zero-order valence-electron chi connectivity index (χ0n) is 19.8. The van der Waals surface area contributed by atoms with Crippen molar-refractivity contribution in [2.75, 3.05) is 6.61 Å². The number of amides is 2. The molecule has 182 valence electrons. The molecule has 1 aromatic heterocycles. The predicted molar refractivity (Wildman–Crippen MR) is 129 cm³/mol. The minimum absolute atomic E-state index is 0.0799. The van der Waals surface area contributed by atoms with Gasteiger partial charge in [0.2, 0.25) is 5.91 Å². The highest BCUT2D eigenvalue weighted by molar-refractivity contribution is 6.01. The van der Waals surface area contributed by atoms with Crippen LogP contribution in [0.15, 0.2) is 65.1 Å². The minimum atomic E-state index is -1.19. The summed E-state index contributed by atoms with van der Waals surface area (Å²) >= 11 is 0. The number of aryl methyl sites for hydroxylation is 1. The topological polar surface area (TPSA) is 118 Å². The molecule has 1 aliphatic heterocycles. The first-order valence-corrected chi connectivity index (χ1v) is 11.4. The Bertz CT molecular complexity index is 1230. The summed E-state index contributed by atoms with van der Waals surface area (Å²) in [4.78, 5) is 39.0. The van der Waals surface area contributed by atoms with E-state index < -0.39 is 29.5 Å². The average molecular weight is 477 g/mol. The normalized spacial score (nSPS) is 20.4. The van der Waals surface area contributed by atoms with Crippen molar-refractivity contribution in [3.63, 3.8) is 0 Å². The Kier molecular flexibility index (Phi) is 6.75. The quantitative estimate of drug-likeness (QED) is 0.482. The molecule has 1 aliphatic rings. The van der Waals surface area contributed by atoms with Crippen molar-refractivity contribution < 1.29 is 28.6 Å². The van der Waals surface area contributed by atoms with E-state index in [4.69, 9.17) is 9.15 Å². The molecule has 1 saturated heterocycles. The number of furan rings is 1. The predicted octanol–water partition coefficient (Wildman–Crippen LogP) is 3.16. The molecule has 8 nitrogen and oxygen atoms in total. The van der Waals surface area contributed by atoms with Gasteiger partial charge in [-0.1, -0.05) is 42.5 Å². The fourth-order valence-electron chi connectivity index (χ4n) is 4.02. The number of hydrogen-bond donors (Lipinski definition) is 3. The Balaban J connectivity index is 1.58. The molecule has 0 saturated carbocycles. The third-order valence-corrected chi connectivity index (χ3v) is 6.46. The van der Waals surface area contributed by atoms with E-state index in [0.717, 1.165) is 11.1 Å². The fraction of sp³-hybridized carbons (Fsp3) is 0.296. The minimum Gasteiger partial charge on any atom is -0.508 e. The Morgan fingerprint density at radius 1 is 1.14 bits per heavy atom. The zero-order valence-corrected chi connectivity index (χ0v) is 19.8. The summed E-state index contributed by atoms with van der Waals surface area (Å²) in [5.41, 5.74) is 0.673. The molecule has 4 rings (SSSR count). The zero-order chi connectivity index (χ0) is 25.2. The van der Waals surface area contributed by atoms with Gasteiger partial charge in [-0.3, -0.25) is 14.4 Å². The van der Waals surface area contributed by atoms with Crippen molar-refractivity contribution in [3.8, 4) is 17.1 Å². The Labute approximate surface area is 203 Å².